The second-order valence-corrected chi connectivity index (χ2v) is 9.73. The normalized spacial score (nSPS) is 22.2. The number of likely N-dealkylation sites (tertiary alicyclic amines) is 1. The third kappa shape index (κ3) is 4.40. The zero-order valence-corrected chi connectivity index (χ0v) is 19.3. The largest absolute Gasteiger partial charge is 0.371 e. The Morgan fingerprint density at radius 1 is 1.18 bits per heavy atom. The van der Waals surface area contributed by atoms with Crippen LogP contribution in [0, 0.1) is 11.2 Å². The lowest BCUT2D eigenvalue weighted by atomic mass is 9.62. The van der Waals surface area contributed by atoms with E-state index in [0.717, 1.165) is 5.56 Å². The summed E-state index contributed by atoms with van der Waals surface area (Å²) in [6.07, 6.45) is -2.26. The maximum Gasteiger partial charge on any atom is 0.280 e. The van der Waals surface area contributed by atoms with E-state index in [1.54, 1.807) is 18.2 Å². The average molecular weight is 525 g/mol. The maximum atomic E-state index is 14.0. The zero-order valence-electron chi connectivity index (χ0n) is 17.7. The first kappa shape index (κ1) is 23.8. The lowest BCUT2D eigenvalue weighted by Crippen LogP contribution is -2.57. The molecule has 1 spiro atoms. The third-order valence-corrected chi connectivity index (χ3v) is 7.47. The van der Waals surface area contributed by atoms with Gasteiger partial charge in [-0.15, -0.1) is 0 Å². The molecule has 4 rings (SSSR count). The molecule has 2 N–H and O–H groups in total. The molecule has 33 heavy (non-hydrogen) atoms. The summed E-state index contributed by atoms with van der Waals surface area (Å²) in [5, 5.41) is 13.7. The molecule has 2 aliphatic rings. The van der Waals surface area contributed by atoms with Gasteiger partial charge < -0.3 is 15.3 Å². The molecule has 0 saturated carbocycles. The number of carbonyl (C=O) groups excluding carboxylic acids is 2. The van der Waals surface area contributed by atoms with E-state index in [1.165, 1.54) is 35.2 Å². The summed E-state index contributed by atoms with van der Waals surface area (Å²) in [5.74, 6) is -1.60. The molecule has 2 heterocycles. The molecule has 5 nitrogen and oxygen atoms in total. The summed E-state index contributed by atoms with van der Waals surface area (Å²) < 4.78 is 42.0. The number of amides is 2. The van der Waals surface area contributed by atoms with Crippen LogP contribution in [-0.4, -0.2) is 47.9 Å². The van der Waals surface area contributed by atoms with Gasteiger partial charge in [0.05, 0.1) is 0 Å². The van der Waals surface area contributed by atoms with E-state index in [-0.39, 0.29) is 42.7 Å². The Hall–Kier alpha value is -2.39. The highest BCUT2D eigenvalue weighted by Gasteiger charge is 2.52. The summed E-state index contributed by atoms with van der Waals surface area (Å²) in [4.78, 5) is 26.7. The van der Waals surface area contributed by atoms with Crippen LogP contribution >= 0.6 is 15.9 Å². The van der Waals surface area contributed by atoms with Gasteiger partial charge in [0.1, 0.15) is 5.82 Å². The van der Waals surface area contributed by atoms with E-state index >= 15 is 0 Å². The van der Waals surface area contributed by atoms with Crippen molar-refractivity contribution in [3.63, 3.8) is 0 Å². The molecule has 0 radical (unpaired) electrons. The number of halogens is 4. The molecule has 2 atom stereocenters. The fourth-order valence-electron chi connectivity index (χ4n) is 5.09. The first-order valence-electron chi connectivity index (χ1n) is 10.7. The SMILES string of the molecule is O=C1CC2(CCN(C(=O)C(O)(c3cccc(Br)c3)C(F)F)CC2)[C@H](c2ccc(F)cc2)CN1. The van der Waals surface area contributed by atoms with Gasteiger partial charge in [-0.25, -0.2) is 13.2 Å². The topological polar surface area (TPSA) is 69.6 Å². The van der Waals surface area contributed by atoms with Crippen LogP contribution in [0.25, 0.3) is 0 Å². The van der Waals surface area contributed by atoms with Gasteiger partial charge in [0, 0.05) is 36.4 Å². The van der Waals surface area contributed by atoms with Gasteiger partial charge in [-0.05, 0) is 53.6 Å². The summed E-state index contributed by atoms with van der Waals surface area (Å²) in [6.45, 7) is 0.650. The van der Waals surface area contributed by atoms with Crippen LogP contribution in [0.15, 0.2) is 53.0 Å². The number of hydrogen-bond donors (Lipinski definition) is 2. The van der Waals surface area contributed by atoms with Gasteiger partial charge in [0.15, 0.2) is 0 Å². The predicted molar refractivity (Wildman–Crippen MR) is 119 cm³/mol. The fraction of sp³-hybridized carbons (Fsp3) is 0.417. The number of rotatable bonds is 4. The molecule has 9 heteroatoms. The summed E-state index contributed by atoms with van der Waals surface area (Å²) in [6, 6.07) is 11.9. The number of hydrogen-bond acceptors (Lipinski definition) is 3. The lowest BCUT2D eigenvalue weighted by molar-refractivity contribution is -0.174. The van der Waals surface area contributed by atoms with Crippen LogP contribution in [0.3, 0.4) is 0 Å². The number of benzene rings is 2. The smallest absolute Gasteiger partial charge is 0.280 e. The van der Waals surface area contributed by atoms with Gasteiger partial charge in [-0.2, -0.15) is 0 Å². The molecule has 2 saturated heterocycles. The van der Waals surface area contributed by atoms with Crippen molar-refractivity contribution in [2.24, 2.45) is 5.41 Å². The zero-order chi connectivity index (χ0) is 23.8. The number of alkyl halides is 2. The molecule has 0 bridgehead atoms. The van der Waals surface area contributed by atoms with E-state index in [2.05, 4.69) is 21.2 Å². The molecule has 2 amide bonds. The molecule has 0 aliphatic carbocycles. The van der Waals surface area contributed by atoms with Crippen LogP contribution in [0.2, 0.25) is 0 Å². The highest BCUT2D eigenvalue weighted by molar-refractivity contribution is 9.10. The van der Waals surface area contributed by atoms with Crippen LogP contribution in [-0.2, 0) is 15.2 Å². The molecule has 176 valence electrons. The molecule has 2 fully saturated rings. The van der Waals surface area contributed by atoms with Crippen LogP contribution in [0.4, 0.5) is 13.2 Å². The number of aliphatic hydroxyl groups is 1. The lowest BCUT2D eigenvalue weighted by Gasteiger charge is -2.49. The maximum absolute atomic E-state index is 14.0. The van der Waals surface area contributed by atoms with E-state index in [0.29, 0.717) is 23.9 Å². The van der Waals surface area contributed by atoms with Crippen LogP contribution in [0.5, 0.6) is 0 Å². The second kappa shape index (κ2) is 9.10. The summed E-state index contributed by atoms with van der Waals surface area (Å²) in [5.41, 5.74) is -2.74. The van der Waals surface area contributed by atoms with E-state index in [9.17, 15) is 27.9 Å². The Labute approximate surface area is 198 Å². The third-order valence-electron chi connectivity index (χ3n) is 6.98. The average Bonchev–Trinajstić information content (AvgIpc) is 2.79. The predicted octanol–water partition coefficient (Wildman–Crippen LogP) is 3.95. The minimum Gasteiger partial charge on any atom is -0.371 e. The van der Waals surface area contributed by atoms with Gasteiger partial charge in [0.25, 0.3) is 12.3 Å². The van der Waals surface area contributed by atoms with Crippen molar-refractivity contribution in [1.82, 2.24) is 10.2 Å². The molecule has 2 aromatic rings. The number of piperidine rings is 2. The standard InChI is InChI=1S/C24H24BrF3N2O3/c25-17-3-1-2-16(12-17)24(33,21(27)28)22(32)30-10-8-23(9-11-30)13-20(31)29-14-19(23)15-4-6-18(26)7-5-15/h1-7,12,19,21,33H,8-11,13-14H2,(H,29,31)/t19-,24?/m0/s1. The Morgan fingerprint density at radius 2 is 1.85 bits per heavy atom. The minimum atomic E-state index is -3.32. The van der Waals surface area contributed by atoms with E-state index in [4.69, 9.17) is 0 Å². The Morgan fingerprint density at radius 3 is 2.45 bits per heavy atom. The van der Waals surface area contributed by atoms with E-state index < -0.39 is 23.3 Å². The van der Waals surface area contributed by atoms with Crippen LogP contribution in [0.1, 0.15) is 36.3 Å². The first-order chi connectivity index (χ1) is 15.7. The van der Waals surface area contributed by atoms with Crippen molar-refractivity contribution in [3.05, 3.63) is 69.9 Å². The van der Waals surface area contributed by atoms with Gasteiger partial charge in [-0.3, -0.25) is 9.59 Å². The van der Waals surface area contributed by atoms with Crippen LogP contribution < -0.4 is 5.32 Å². The second-order valence-electron chi connectivity index (χ2n) is 8.82. The highest BCUT2D eigenvalue weighted by Crippen LogP contribution is 2.49. The molecular formula is C24H24BrF3N2O3. The number of carbonyl (C=O) groups is 2. The van der Waals surface area contributed by atoms with E-state index in [1.807, 2.05) is 0 Å². The Kier molecular flexibility index (Phi) is 6.55. The summed E-state index contributed by atoms with van der Waals surface area (Å²) >= 11 is 3.19. The van der Waals surface area contributed by atoms with Crippen molar-refractivity contribution in [1.29, 1.82) is 0 Å². The van der Waals surface area contributed by atoms with Crippen molar-refractivity contribution in [3.8, 4) is 0 Å². The minimum absolute atomic E-state index is 0.0906. The Balaban J connectivity index is 1.57. The highest BCUT2D eigenvalue weighted by atomic mass is 79.9. The van der Waals surface area contributed by atoms with Gasteiger partial charge in [-0.1, -0.05) is 40.2 Å². The molecule has 2 aliphatic heterocycles. The van der Waals surface area contributed by atoms with Crippen molar-refractivity contribution in [2.45, 2.75) is 37.2 Å². The quantitative estimate of drug-likeness (QED) is 0.636. The monoisotopic (exact) mass is 524 g/mol. The summed E-state index contributed by atoms with van der Waals surface area (Å²) in [7, 11) is 0. The Bertz CT molecular complexity index is 1040. The number of nitrogens with one attached hydrogen (secondary N) is 1. The molecule has 0 aromatic heterocycles. The molecule has 1 unspecified atom stereocenters. The molecular weight excluding hydrogens is 501 g/mol. The molecule has 2 aromatic carbocycles. The fourth-order valence-corrected chi connectivity index (χ4v) is 5.49. The number of nitrogens with zero attached hydrogens (tertiary/aromatic N) is 1. The van der Waals surface area contributed by atoms with Gasteiger partial charge >= 0.3 is 0 Å². The van der Waals surface area contributed by atoms with Crippen molar-refractivity contribution < 1.29 is 27.9 Å². The van der Waals surface area contributed by atoms with Crippen molar-refractivity contribution >= 4 is 27.7 Å². The van der Waals surface area contributed by atoms with Gasteiger partial charge in [0.2, 0.25) is 11.5 Å². The first-order valence-corrected chi connectivity index (χ1v) is 11.5. The van der Waals surface area contributed by atoms with Crippen molar-refractivity contribution in [2.75, 3.05) is 19.6 Å².